The molecule has 1 aromatic rings. The second-order valence-corrected chi connectivity index (χ2v) is 3.43. The number of nitrogens with one attached hydrogen (secondary N) is 1. The lowest BCUT2D eigenvalue weighted by Crippen LogP contribution is -2.32. The fourth-order valence-corrected chi connectivity index (χ4v) is 1.23. The van der Waals surface area contributed by atoms with Crippen LogP contribution in [0.15, 0.2) is 18.2 Å². The SMILES string of the molecule is OC(CNCC(F)(F)F)c1cc(F)ccc1F. The van der Waals surface area contributed by atoms with Crippen LogP contribution in [0.25, 0.3) is 0 Å². The van der Waals surface area contributed by atoms with Crippen molar-refractivity contribution in [2.45, 2.75) is 12.3 Å². The molecule has 1 unspecified atom stereocenters. The molecular formula is C10H10F5NO. The zero-order valence-electron chi connectivity index (χ0n) is 8.56. The first-order valence-electron chi connectivity index (χ1n) is 4.70. The van der Waals surface area contributed by atoms with E-state index in [1.807, 2.05) is 5.32 Å². The first-order valence-corrected chi connectivity index (χ1v) is 4.70. The van der Waals surface area contributed by atoms with Crippen LogP contribution in [-0.4, -0.2) is 24.4 Å². The van der Waals surface area contributed by atoms with E-state index >= 15 is 0 Å². The molecule has 0 aromatic heterocycles. The first-order chi connectivity index (χ1) is 7.79. The first kappa shape index (κ1) is 13.9. The molecule has 96 valence electrons. The molecule has 0 amide bonds. The van der Waals surface area contributed by atoms with Gasteiger partial charge in [0.2, 0.25) is 0 Å². The summed E-state index contributed by atoms with van der Waals surface area (Å²) >= 11 is 0. The summed E-state index contributed by atoms with van der Waals surface area (Å²) in [6.45, 7) is -1.82. The largest absolute Gasteiger partial charge is 0.401 e. The lowest BCUT2D eigenvalue weighted by molar-refractivity contribution is -0.125. The summed E-state index contributed by atoms with van der Waals surface area (Å²) in [7, 11) is 0. The quantitative estimate of drug-likeness (QED) is 0.808. The summed E-state index contributed by atoms with van der Waals surface area (Å²) in [5.41, 5.74) is -0.375. The molecule has 2 nitrogen and oxygen atoms in total. The Hall–Kier alpha value is -1.21. The molecule has 0 aliphatic heterocycles. The van der Waals surface area contributed by atoms with E-state index < -0.39 is 37.0 Å². The van der Waals surface area contributed by atoms with Gasteiger partial charge in [-0.25, -0.2) is 8.78 Å². The maximum absolute atomic E-state index is 13.1. The van der Waals surface area contributed by atoms with E-state index in [1.165, 1.54) is 0 Å². The smallest absolute Gasteiger partial charge is 0.387 e. The number of alkyl halides is 3. The van der Waals surface area contributed by atoms with Crippen molar-refractivity contribution in [2.75, 3.05) is 13.1 Å². The van der Waals surface area contributed by atoms with Gasteiger partial charge in [-0.3, -0.25) is 0 Å². The van der Waals surface area contributed by atoms with Gasteiger partial charge in [0.25, 0.3) is 0 Å². The topological polar surface area (TPSA) is 32.3 Å². The van der Waals surface area contributed by atoms with Crippen molar-refractivity contribution in [3.8, 4) is 0 Å². The molecule has 2 N–H and O–H groups in total. The number of aliphatic hydroxyl groups is 1. The van der Waals surface area contributed by atoms with Crippen molar-refractivity contribution in [1.82, 2.24) is 5.32 Å². The number of halogens is 5. The standard InChI is InChI=1S/C10H10F5NO/c11-6-1-2-8(12)7(3-6)9(17)4-16-5-10(13,14)15/h1-3,9,16-17H,4-5H2. The highest BCUT2D eigenvalue weighted by Gasteiger charge is 2.27. The minimum Gasteiger partial charge on any atom is -0.387 e. The average molecular weight is 255 g/mol. The van der Waals surface area contributed by atoms with E-state index in [9.17, 15) is 27.1 Å². The normalized spacial score (nSPS) is 13.8. The van der Waals surface area contributed by atoms with Crippen molar-refractivity contribution >= 4 is 0 Å². The lowest BCUT2D eigenvalue weighted by Gasteiger charge is -2.14. The van der Waals surface area contributed by atoms with Crippen LogP contribution in [-0.2, 0) is 0 Å². The Kier molecular flexibility index (Phi) is 4.41. The molecule has 1 rings (SSSR count). The van der Waals surface area contributed by atoms with Gasteiger partial charge in [0, 0.05) is 12.1 Å². The summed E-state index contributed by atoms with van der Waals surface area (Å²) in [5.74, 6) is -1.64. The second kappa shape index (κ2) is 5.42. The van der Waals surface area contributed by atoms with Gasteiger partial charge in [-0.2, -0.15) is 13.2 Å². The van der Waals surface area contributed by atoms with Gasteiger partial charge in [0.15, 0.2) is 0 Å². The molecule has 7 heteroatoms. The number of aliphatic hydroxyl groups excluding tert-OH is 1. The third-order valence-corrected chi connectivity index (χ3v) is 1.98. The van der Waals surface area contributed by atoms with E-state index in [0.29, 0.717) is 0 Å². The highest BCUT2D eigenvalue weighted by atomic mass is 19.4. The Morgan fingerprint density at radius 2 is 1.88 bits per heavy atom. The molecule has 0 saturated carbocycles. The Bertz CT molecular complexity index is 379. The molecule has 0 radical (unpaired) electrons. The van der Waals surface area contributed by atoms with E-state index in [-0.39, 0.29) is 5.56 Å². The Balaban J connectivity index is 2.58. The average Bonchev–Trinajstić information content (AvgIpc) is 2.19. The van der Waals surface area contributed by atoms with Crippen LogP contribution in [0.4, 0.5) is 22.0 Å². The number of hydrogen-bond acceptors (Lipinski definition) is 2. The van der Waals surface area contributed by atoms with Gasteiger partial charge >= 0.3 is 6.18 Å². The van der Waals surface area contributed by atoms with Gasteiger partial charge in [-0.1, -0.05) is 0 Å². The third kappa shape index (κ3) is 4.66. The molecule has 0 heterocycles. The molecule has 0 saturated heterocycles. The van der Waals surface area contributed by atoms with Gasteiger partial charge in [0.05, 0.1) is 12.6 Å². The van der Waals surface area contributed by atoms with Crippen molar-refractivity contribution in [1.29, 1.82) is 0 Å². The predicted octanol–water partition coefficient (Wildman–Crippen LogP) is 2.15. The highest BCUT2D eigenvalue weighted by Crippen LogP contribution is 2.18. The van der Waals surface area contributed by atoms with Crippen LogP contribution in [0.5, 0.6) is 0 Å². The number of rotatable bonds is 4. The van der Waals surface area contributed by atoms with Gasteiger partial charge in [-0.05, 0) is 18.2 Å². The monoisotopic (exact) mass is 255 g/mol. The van der Waals surface area contributed by atoms with Crippen molar-refractivity contribution < 1.29 is 27.1 Å². The number of hydrogen-bond donors (Lipinski definition) is 2. The number of benzene rings is 1. The fourth-order valence-electron chi connectivity index (χ4n) is 1.23. The van der Waals surface area contributed by atoms with E-state index in [2.05, 4.69) is 0 Å². The molecule has 1 aromatic carbocycles. The minimum absolute atomic E-state index is 0.375. The highest BCUT2D eigenvalue weighted by molar-refractivity contribution is 5.21. The zero-order valence-corrected chi connectivity index (χ0v) is 8.56. The van der Waals surface area contributed by atoms with Crippen LogP contribution in [0.1, 0.15) is 11.7 Å². The summed E-state index contributed by atoms with van der Waals surface area (Å²) in [6, 6.07) is 2.40. The fraction of sp³-hybridized carbons (Fsp3) is 0.400. The van der Waals surface area contributed by atoms with Crippen molar-refractivity contribution in [3.05, 3.63) is 35.4 Å². The van der Waals surface area contributed by atoms with E-state index in [0.717, 1.165) is 18.2 Å². The van der Waals surface area contributed by atoms with Crippen LogP contribution in [0.2, 0.25) is 0 Å². The van der Waals surface area contributed by atoms with Gasteiger partial charge < -0.3 is 10.4 Å². The zero-order chi connectivity index (χ0) is 13.1. The third-order valence-electron chi connectivity index (χ3n) is 1.98. The van der Waals surface area contributed by atoms with Crippen molar-refractivity contribution in [2.24, 2.45) is 0 Å². The Morgan fingerprint density at radius 1 is 1.24 bits per heavy atom. The molecule has 0 aliphatic carbocycles. The van der Waals surface area contributed by atoms with E-state index in [4.69, 9.17) is 0 Å². The minimum atomic E-state index is -4.42. The maximum atomic E-state index is 13.1. The summed E-state index contributed by atoms with van der Waals surface area (Å²) in [4.78, 5) is 0. The molecular weight excluding hydrogens is 245 g/mol. The summed E-state index contributed by atoms with van der Waals surface area (Å²) < 4.78 is 61.2. The van der Waals surface area contributed by atoms with Crippen LogP contribution in [0, 0.1) is 11.6 Å². The summed E-state index contributed by atoms with van der Waals surface area (Å²) in [6.07, 6.45) is -5.95. The van der Waals surface area contributed by atoms with Crippen LogP contribution >= 0.6 is 0 Å². The van der Waals surface area contributed by atoms with E-state index in [1.54, 1.807) is 0 Å². The molecule has 0 aliphatic rings. The van der Waals surface area contributed by atoms with Gasteiger partial charge in [-0.15, -0.1) is 0 Å². The maximum Gasteiger partial charge on any atom is 0.401 e. The second-order valence-electron chi connectivity index (χ2n) is 3.43. The predicted molar refractivity (Wildman–Crippen MR) is 50.2 cm³/mol. The lowest BCUT2D eigenvalue weighted by atomic mass is 10.1. The van der Waals surface area contributed by atoms with Crippen LogP contribution < -0.4 is 5.32 Å². The van der Waals surface area contributed by atoms with Crippen LogP contribution in [0.3, 0.4) is 0 Å². The van der Waals surface area contributed by atoms with Gasteiger partial charge in [0.1, 0.15) is 11.6 Å². The molecule has 0 bridgehead atoms. The molecule has 0 fully saturated rings. The Labute approximate surface area is 94.1 Å². The molecule has 17 heavy (non-hydrogen) atoms. The summed E-state index contributed by atoms with van der Waals surface area (Å²) in [5, 5.41) is 11.3. The molecule has 0 spiro atoms. The van der Waals surface area contributed by atoms with Crippen molar-refractivity contribution in [3.63, 3.8) is 0 Å². The Morgan fingerprint density at radius 3 is 2.47 bits per heavy atom. The molecule has 1 atom stereocenters.